The summed E-state index contributed by atoms with van der Waals surface area (Å²) in [5, 5.41) is 12.1. The molecule has 3 rings (SSSR count). The van der Waals surface area contributed by atoms with Gasteiger partial charge in [0.15, 0.2) is 5.69 Å². The molecule has 0 aliphatic rings. The van der Waals surface area contributed by atoms with Crippen LogP contribution in [0.3, 0.4) is 0 Å². The van der Waals surface area contributed by atoms with Crippen LogP contribution in [-0.2, 0) is 33.3 Å². The Morgan fingerprint density at radius 3 is 2.49 bits per heavy atom. The first-order chi connectivity index (χ1) is 20.6. The smallest absolute Gasteiger partial charge is 0.313 e. The fourth-order valence-corrected chi connectivity index (χ4v) is 3.39. The van der Waals surface area contributed by atoms with Gasteiger partial charge in [0, 0.05) is 31.7 Å². The van der Waals surface area contributed by atoms with E-state index in [-0.39, 0.29) is 43.2 Å². The highest BCUT2D eigenvalue weighted by molar-refractivity contribution is 5.95. The highest BCUT2D eigenvalue weighted by Crippen LogP contribution is 2.22. The minimum absolute atomic E-state index is 0.0841. The number of methoxy groups -OCH3 is 1. The van der Waals surface area contributed by atoms with E-state index in [1.165, 1.54) is 52.1 Å². The fraction of sp³-hybridized carbons (Fsp3) is 0.423. The lowest BCUT2D eigenvalue weighted by molar-refractivity contribution is -0.135. The SMILES string of the molecule is [2H]C([2H])([2H])n1c(C(C)(C)NC(=O)c2nnc(C)o2)nc(C(=O)NCc2ccc(F)cc2)c(OC(=O)CCOCCOC)c1=O. The van der Waals surface area contributed by atoms with Crippen LogP contribution in [0.25, 0.3) is 0 Å². The second-order valence-electron chi connectivity index (χ2n) is 9.10. The Hall–Kier alpha value is -4.50. The number of halogens is 1. The Kier molecular flexibility index (Phi) is 8.94. The van der Waals surface area contributed by atoms with Gasteiger partial charge < -0.3 is 29.3 Å². The average molecular weight is 578 g/mol. The third-order valence-corrected chi connectivity index (χ3v) is 5.43. The molecule has 0 aliphatic carbocycles. The third-order valence-electron chi connectivity index (χ3n) is 5.43. The summed E-state index contributed by atoms with van der Waals surface area (Å²) in [6.07, 6.45) is -0.361. The van der Waals surface area contributed by atoms with Crippen LogP contribution in [0.5, 0.6) is 5.75 Å². The molecular formula is C26H31FN6O8. The van der Waals surface area contributed by atoms with E-state index in [2.05, 4.69) is 25.8 Å². The molecule has 0 fully saturated rings. The number of carbonyl (C=O) groups is 3. The maximum atomic E-state index is 13.7. The van der Waals surface area contributed by atoms with E-state index >= 15 is 0 Å². The minimum atomic E-state index is -3.21. The molecule has 2 heterocycles. The van der Waals surface area contributed by atoms with Crippen molar-refractivity contribution in [3.8, 4) is 5.75 Å². The van der Waals surface area contributed by atoms with Gasteiger partial charge in [-0.15, -0.1) is 10.2 Å². The van der Waals surface area contributed by atoms with Crippen molar-refractivity contribution in [2.45, 2.75) is 39.3 Å². The number of rotatable bonds is 13. The highest BCUT2D eigenvalue weighted by Gasteiger charge is 2.33. The zero-order valence-electron chi connectivity index (χ0n) is 25.8. The number of hydrogen-bond donors (Lipinski definition) is 2. The summed E-state index contributed by atoms with van der Waals surface area (Å²) >= 11 is 0. The van der Waals surface area contributed by atoms with Crippen LogP contribution in [0.4, 0.5) is 4.39 Å². The van der Waals surface area contributed by atoms with Gasteiger partial charge in [0.1, 0.15) is 11.6 Å². The van der Waals surface area contributed by atoms with E-state index in [9.17, 15) is 23.6 Å². The van der Waals surface area contributed by atoms with Gasteiger partial charge in [-0.25, -0.2) is 9.37 Å². The van der Waals surface area contributed by atoms with Gasteiger partial charge >= 0.3 is 17.8 Å². The highest BCUT2D eigenvalue weighted by atomic mass is 19.1. The number of aromatic nitrogens is 4. The van der Waals surface area contributed by atoms with Gasteiger partial charge in [0.25, 0.3) is 11.5 Å². The molecular weight excluding hydrogens is 543 g/mol. The maximum absolute atomic E-state index is 13.7. The van der Waals surface area contributed by atoms with Gasteiger partial charge in [0.2, 0.25) is 11.6 Å². The molecule has 0 saturated heterocycles. The van der Waals surface area contributed by atoms with Gasteiger partial charge in [-0.3, -0.25) is 23.7 Å². The van der Waals surface area contributed by atoms with Gasteiger partial charge in [-0.05, 0) is 31.5 Å². The van der Waals surface area contributed by atoms with E-state index < -0.39 is 64.8 Å². The molecule has 0 atom stereocenters. The summed E-state index contributed by atoms with van der Waals surface area (Å²) in [5.74, 6) is -5.38. The summed E-state index contributed by atoms with van der Waals surface area (Å²) in [5.41, 5.74) is -3.41. The van der Waals surface area contributed by atoms with Gasteiger partial charge in [-0.1, -0.05) is 12.1 Å². The van der Waals surface area contributed by atoms with Crippen LogP contribution in [0, 0.1) is 12.7 Å². The molecule has 0 saturated carbocycles. The van der Waals surface area contributed by atoms with Gasteiger partial charge in [-0.2, -0.15) is 0 Å². The number of aryl methyl sites for hydroxylation is 1. The van der Waals surface area contributed by atoms with Crippen LogP contribution in [0.1, 0.15) is 62.8 Å². The quantitative estimate of drug-likeness (QED) is 0.220. The Balaban J connectivity index is 2.06. The van der Waals surface area contributed by atoms with Crippen LogP contribution in [-0.4, -0.2) is 64.5 Å². The molecule has 15 heteroatoms. The zero-order chi connectivity index (χ0) is 32.7. The molecule has 2 N–H and O–H groups in total. The van der Waals surface area contributed by atoms with E-state index in [4.69, 9.17) is 22.7 Å². The largest absolute Gasteiger partial charge is 0.418 e. The monoisotopic (exact) mass is 577 g/mol. The molecule has 1 aromatic carbocycles. The first-order valence-corrected chi connectivity index (χ1v) is 12.2. The van der Waals surface area contributed by atoms with Crippen molar-refractivity contribution in [2.24, 2.45) is 6.98 Å². The Labute approximate surface area is 238 Å². The predicted octanol–water partition coefficient (Wildman–Crippen LogP) is 1.16. The number of amides is 2. The molecule has 3 aromatic rings. The van der Waals surface area contributed by atoms with Crippen LogP contribution < -0.4 is 20.9 Å². The molecule has 14 nitrogen and oxygen atoms in total. The zero-order valence-corrected chi connectivity index (χ0v) is 22.8. The first-order valence-electron chi connectivity index (χ1n) is 13.7. The van der Waals surface area contributed by atoms with Crippen molar-refractivity contribution >= 4 is 17.8 Å². The molecule has 0 unspecified atom stereocenters. The first kappa shape index (κ1) is 26.7. The van der Waals surface area contributed by atoms with Crippen molar-refractivity contribution in [3.63, 3.8) is 0 Å². The van der Waals surface area contributed by atoms with E-state index in [1.54, 1.807) is 0 Å². The molecule has 0 bridgehead atoms. The van der Waals surface area contributed by atoms with Crippen LogP contribution in [0.15, 0.2) is 33.5 Å². The molecule has 0 radical (unpaired) electrons. The van der Waals surface area contributed by atoms with Crippen molar-refractivity contribution in [1.82, 2.24) is 30.4 Å². The predicted molar refractivity (Wildman–Crippen MR) is 140 cm³/mol. The summed E-state index contributed by atoms with van der Waals surface area (Å²) in [6.45, 7) is 1.04. The second kappa shape index (κ2) is 13.7. The molecule has 0 spiro atoms. The Bertz CT molecular complexity index is 1560. The number of esters is 1. The molecule has 2 aromatic heterocycles. The summed E-state index contributed by atoms with van der Waals surface area (Å²) < 4.78 is 58.0. The lowest BCUT2D eigenvalue weighted by Crippen LogP contribution is -2.46. The molecule has 2 amide bonds. The molecule has 41 heavy (non-hydrogen) atoms. The minimum Gasteiger partial charge on any atom is -0.418 e. The van der Waals surface area contributed by atoms with Crippen LogP contribution >= 0.6 is 0 Å². The average Bonchev–Trinajstić information content (AvgIpc) is 3.38. The molecule has 220 valence electrons. The number of hydrogen-bond acceptors (Lipinski definition) is 11. The second-order valence-corrected chi connectivity index (χ2v) is 9.10. The van der Waals surface area contributed by atoms with Crippen LogP contribution in [0.2, 0.25) is 0 Å². The Morgan fingerprint density at radius 2 is 1.85 bits per heavy atom. The summed E-state index contributed by atoms with van der Waals surface area (Å²) in [6, 6.07) is 5.16. The van der Waals surface area contributed by atoms with Crippen molar-refractivity contribution in [3.05, 3.63) is 69.3 Å². The number of ether oxygens (including phenoxy) is 3. The van der Waals surface area contributed by atoms with Gasteiger partial charge in [0.05, 0.1) is 31.8 Å². The molecule has 0 aliphatic heterocycles. The van der Waals surface area contributed by atoms with E-state index in [0.29, 0.717) is 5.56 Å². The topological polar surface area (TPSA) is 177 Å². The van der Waals surface area contributed by atoms with Crippen molar-refractivity contribution < 1.29 is 41.5 Å². The van der Waals surface area contributed by atoms with Crippen molar-refractivity contribution in [2.75, 3.05) is 26.9 Å². The summed E-state index contributed by atoms with van der Waals surface area (Å²) in [7, 11) is 1.46. The fourth-order valence-electron chi connectivity index (χ4n) is 3.39. The van der Waals surface area contributed by atoms with E-state index in [0.717, 1.165) is 0 Å². The summed E-state index contributed by atoms with van der Waals surface area (Å²) in [4.78, 5) is 56.7. The number of nitrogens with one attached hydrogen (secondary N) is 2. The normalized spacial score (nSPS) is 12.7. The lowest BCUT2D eigenvalue weighted by atomic mass is 10.0. The lowest BCUT2D eigenvalue weighted by Gasteiger charge is -2.27. The number of benzene rings is 1. The number of nitrogens with zero attached hydrogens (tertiary/aromatic N) is 4. The standard InChI is InChI=1S/C26H31FN6O8/c1-15-31-32-23(40-15)22(36)30-26(2,3)25-29-19(21(35)28-14-16-6-8-17(27)9-7-16)20(24(37)33(25)4)41-18(34)10-11-39-13-12-38-5/h6-9H,10-14H2,1-5H3,(H,28,35)(H,30,36)/i4D3. The Morgan fingerprint density at radius 1 is 1.12 bits per heavy atom. The maximum Gasteiger partial charge on any atom is 0.313 e. The third kappa shape index (κ3) is 8.25. The van der Waals surface area contributed by atoms with Crippen molar-refractivity contribution in [1.29, 1.82) is 0 Å². The van der Waals surface area contributed by atoms with E-state index in [1.807, 2.05) is 0 Å². The number of carbonyl (C=O) groups excluding carboxylic acids is 3.